The van der Waals surface area contributed by atoms with Crippen LogP contribution in [-0.2, 0) is 6.18 Å². The van der Waals surface area contributed by atoms with E-state index in [2.05, 4.69) is 25.5 Å². The lowest BCUT2D eigenvalue weighted by molar-refractivity contribution is -0.137. The summed E-state index contributed by atoms with van der Waals surface area (Å²) < 4.78 is 41.3. The zero-order valence-corrected chi connectivity index (χ0v) is 17.1. The lowest BCUT2D eigenvalue weighted by Gasteiger charge is -2.34. The summed E-state index contributed by atoms with van der Waals surface area (Å²) in [5, 5.41) is 10.8. The minimum Gasteiger partial charge on any atom is -0.382 e. The smallest absolute Gasteiger partial charge is 0.382 e. The molecular weight excluding hydrogens is 417 g/mol. The molecule has 0 amide bonds. The molecule has 3 aromatic heterocycles. The fraction of sp³-hybridized carbons (Fsp3) is 0.261. The van der Waals surface area contributed by atoms with Gasteiger partial charge in [0.15, 0.2) is 5.65 Å². The molecule has 5 rings (SSSR count). The molecular formula is C23H21F3N6. The molecule has 0 saturated carbocycles. The zero-order chi connectivity index (χ0) is 22.1. The summed E-state index contributed by atoms with van der Waals surface area (Å²) in [6.45, 7) is 1.40. The van der Waals surface area contributed by atoms with Crippen molar-refractivity contribution in [3.63, 3.8) is 0 Å². The molecule has 0 radical (unpaired) electrons. The third-order valence-electron chi connectivity index (χ3n) is 5.71. The van der Waals surface area contributed by atoms with Gasteiger partial charge in [0, 0.05) is 36.4 Å². The summed E-state index contributed by atoms with van der Waals surface area (Å²) in [6.07, 6.45) is -1.25. The first-order chi connectivity index (χ1) is 15.5. The number of nitrogens with one attached hydrogen (secondary N) is 2. The Balaban J connectivity index is 1.42. The first kappa shape index (κ1) is 20.3. The highest BCUT2D eigenvalue weighted by atomic mass is 19.4. The molecule has 0 spiro atoms. The van der Waals surface area contributed by atoms with Gasteiger partial charge in [0.25, 0.3) is 0 Å². The van der Waals surface area contributed by atoms with Crippen molar-refractivity contribution in [3.05, 3.63) is 66.4 Å². The minimum atomic E-state index is -4.54. The Bertz CT molecular complexity index is 1210. The molecule has 1 saturated heterocycles. The highest BCUT2D eigenvalue weighted by Gasteiger charge is 2.36. The van der Waals surface area contributed by atoms with Gasteiger partial charge < -0.3 is 10.2 Å². The lowest BCUT2D eigenvalue weighted by atomic mass is 10.0. The van der Waals surface area contributed by atoms with Gasteiger partial charge in [-0.1, -0.05) is 18.2 Å². The van der Waals surface area contributed by atoms with E-state index in [-0.39, 0.29) is 11.4 Å². The predicted octanol–water partition coefficient (Wildman–Crippen LogP) is 5.12. The molecule has 1 aliphatic heterocycles. The average Bonchev–Trinajstić information content (AvgIpc) is 3.23. The maximum Gasteiger partial charge on any atom is 0.418 e. The molecule has 1 fully saturated rings. The number of anilines is 2. The van der Waals surface area contributed by atoms with E-state index in [1.807, 2.05) is 35.2 Å². The molecule has 1 aromatic carbocycles. The first-order valence-corrected chi connectivity index (χ1v) is 10.4. The molecule has 0 atom stereocenters. The van der Waals surface area contributed by atoms with Crippen LogP contribution in [0.5, 0.6) is 0 Å². The Morgan fingerprint density at radius 3 is 2.47 bits per heavy atom. The van der Waals surface area contributed by atoms with E-state index in [9.17, 15) is 13.2 Å². The number of piperidine rings is 1. The number of pyridine rings is 2. The number of H-pyrrole nitrogens is 1. The van der Waals surface area contributed by atoms with Gasteiger partial charge in [-0.25, -0.2) is 9.97 Å². The highest BCUT2D eigenvalue weighted by molar-refractivity contribution is 5.90. The number of nitrogens with zero attached hydrogens (tertiary/aromatic N) is 4. The van der Waals surface area contributed by atoms with E-state index in [0.717, 1.165) is 24.6 Å². The monoisotopic (exact) mass is 438 g/mol. The molecule has 0 aliphatic carbocycles. The highest BCUT2D eigenvalue weighted by Crippen LogP contribution is 2.38. The molecule has 32 heavy (non-hydrogen) atoms. The summed E-state index contributed by atoms with van der Waals surface area (Å²) in [4.78, 5) is 10.6. The molecule has 4 heterocycles. The van der Waals surface area contributed by atoms with Gasteiger partial charge in [0.1, 0.15) is 17.2 Å². The largest absolute Gasteiger partial charge is 0.418 e. The Morgan fingerprint density at radius 2 is 1.72 bits per heavy atom. The van der Waals surface area contributed by atoms with Crippen molar-refractivity contribution in [2.45, 2.75) is 25.1 Å². The quantitative estimate of drug-likeness (QED) is 0.463. The van der Waals surface area contributed by atoms with Crippen LogP contribution in [-0.4, -0.2) is 39.3 Å². The fourth-order valence-corrected chi connectivity index (χ4v) is 4.09. The number of hydrogen-bond donors (Lipinski definition) is 2. The van der Waals surface area contributed by atoms with Crippen molar-refractivity contribution in [1.82, 2.24) is 20.2 Å². The Kier molecular flexibility index (Phi) is 5.16. The van der Waals surface area contributed by atoms with E-state index in [0.29, 0.717) is 36.0 Å². The van der Waals surface area contributed by atoms with Gasteiger partial charge in [-0.3, -0.25) is 5.10 Å². The van der Waals surface area contributed by atoms with Crippen LogP contribution in [0.25, 0.3) is 22.4 Å². The van der Waals surface area contributed by atoms with Crippen molar-refractivity contribution in [1.29, 1.82) is 0 Å². The van der Waals surface area contributed by atoms with Crippen LogP contribution in [0, 0.1) is 0 Å². The molecule has 4 aromatic rings. The number of para-hydroxylation sites is 1. The fourth-order valence-electron chi connectivity index (χ4n) is 4.09. The predicted molar refractivity (Wildman–Crippen MR) is 117 cm³/mol. The van der Waals surface area contributed by atoms with Crippen molar-refractivity contribution in [3.8, 4) is 11.4 Å². The average molecular weight is 438 g/mol. The second-order valence-electron chi connectivity index (χ2n) is 7.81. The molecule has 0 unspecified atom stereocenters. The number of rotatable bonds is 4. The maximum atomic E-state index is 13.8. The summed E-state index contributed by atoms with van der Waals surface area (Å²) in [5.41, 5.74) is 0.663. The van der Waals surface area contributed by atoms with Crippen molar-refractivity contribution in [2.24, 2.45) is 0 Å². The van der Waals surface area contributed by atoms with Crippen LogP contribution in [0.2, 0.25) is 0 Å². The molecule has 1 aliphatic rings. The number of alkyl halides is 3. The molecule has 2 N–H and O–H groups in total. The standard InChI is InChI=1S/C23H21F3N6/c24-23(25,26)18-8-9-19(29-21(18)20-17-7-4-12-27-22(17)31-30-20)32-13-10-16(11-14-32)28-15-5-2-1-3-6-15/h1-9,12,16,28H,10-11,13-14H2,(H,27,30,31). The minimum absolute atomic E-state index is 0.155. The van der Waals surface area contributed by atoms with E-state index >= 15 is 0 Å². The third kappa shape index (κ3) is 3.98. The van der Waals surface area contributed by atoms with Gasteiger partial charge in [-0.2, -0.15) is 18.3 Å². The molecule has 164 valence electrons. The van der Waals surface area contributed by atoms with E-state index in [4.69, 9.17) is 0 Å². The topological polar surface area (TPSA) is 69.7 Å². The first-order valence-electron chi connectivity index (χ1n) is 10.4. The van der Waals surface area contributed by atoms with E-state index in [1.165, 1.54) is 6.07 Å². The van der Waals surface area contributed by atoms with Crippen LogP contribution in [0.15, 0.2) is 60.8 Å². The van der Waals surface area contributed by atoms with Crippen LogP contribution in [0.1, 0.15) is 18.4 Å². The maximum absolute atomic E-state index is 13.8. The number of hydrogen-bond acceptors (Lipinski definition) is 5. The molecule has 9 heteroatoms. The van der Waals surface area contributed by atoms with Crippen LogP contribution >= 0.6 is 0 Å². The van der Waals surface area contributed by atoms with E-state index < -0.39 is 11.7 Å². The van der Waals surface area contributed by atoms with Crippen LogP contribution in [0.3, 0.4) is 0 Å². The third-order valence-corrected chi connectivity index (χ3v) is 5.71. The van der Waals surface area contributed by atoms with Gasteiger partial charge in [-0.15, -0.1) is 0 Å². The number of benzene rings is 1. The summed E-state index contributed by atoms with van der Waals surface area (Å²) in [5.74, 6) is 0.520. The summed E-state index contributed by atoms with van der Waals surface area (Å²) in [7, 11) is 0. The Labute approximate surface area is 182 Å². The van der Waals surface area contributed by atoms with Gasteiger partial charge in [0.05, 0.1) is 5.56 Å². The van der Waals surface area contributed by atoms with Crippen molar-refractivity contribution in [2.75, 3.05) is 23.3 Å². The molecule has 0 bridgehead atoms. The number of halogens is 3. The van der Waals surface area contributed by atoms with Gasteiger partial charge >= 0.3 is 6.18 Å². The second-order valence-corrected chi connectivity index (χ2v) is 7.81. The lowest BCUT2D eigenvalue weighted by Crippen LogP contribution is -2.39. The molecule has 6 nitrogen and oxygen atoms in total. The van der Waals surface area contributed by atoms with Gasteiger partial charge in [0.2, 0.25) is 0 Å². The number of aromatic amines is 1. The SMILES string of the molecule is FC(F)(F)c1ccc(N2CCC(Nc3ccccc3)CC2)nc1-c1n[nH]c2ncccc12. The van der Waals surface area contributed by atoms with E-state index in [1.54, 1.807) is 18.3 Å². The summed E-state index contributed by atoms with van der Waals surface area (Å²) in [6, 6.07) is 16.2. The Hall–Kier alpha value is -3.62. The normalized spacial score (nSPS) is 15.3. The second kappa shape index (κ2) is 8.14. The van der Waals surface area contributed by atoms with Crippen LogP contribution in [0.4, 0.5) is 24.7 Å². The Morgan fingerprint density at radius 1 is 0.938 bits per heavy atom. The zero-order valence-electron chi connectivity index (χ0n) is 17.1. The van der Waals surface area contributed by atoms with Crippen molar-refractivity contribution >= 4 is 22.5 Å². The van der Waals surface area contributed by atoms with Crippen molar-refractivity contribution < 1.29 is 13.2 Å². The number of fused-ring (bicyclic) bond motifs is 1. The number of aromatic nitrogens is 4. The summed E-state index contributed by atoms with van der Waals surface area (Å²) >= 11 is 0. The van der Waals surface area contributed by atoms with Crippen LogP contribution < -0.4 is 10.2 Å². The van der Waals surface area contributed by atoms with Gasteiger partial charge in [-0.05, 0) is 49.2 Å².